The zero-order chi connectivity index (χ0) is 13.8. The van der Waals surface area contributed by atoms with Crippen molar-refractivity contribution in [3.63, 3.8) is 0 Å². The quantitative estimate of drug-likeness (QED) is 0.799. The average molecular weight is 267 g/mol. The minimum Gasteiger partial charge on any atom is -0.465 e. The third kappa shape index (κ3) is 4.61. The van der Waals surface area contributed by atoms with Crippen molar-refractivity contribution in [1.82, 2.24) is 5.32 Å². The number of benzene rings is 1. The first-order valence-electron chi connectivity index (χ1n) is 6.05. The van der Waals surface area contributed by atoms with E-state index in [1.54, 1.807) is 0 Å². The van der Waals surface area contributed by atoms with Gasteiger partial charge in [0.05, 0.1) is 0 Å². The molecule has 0 spiro atoms. The fourth-order valence-corrected chi connectivity index (χ4v) is 2.49. The van der Waals surface area contributed by atoms with Crippen LogP contribution in [-0.4, -0.2) is 23.0 Å². The Morgan fingerprint density at radius 2 is 1.89 bits per heavy atom. The van der Waals surface area contributed by atoms with Crippen molar-refractivity contribution in [3.8, 4) is 0 Å². The zero-order valence-corrected chi connectivity index (χ0v) is 12.2. The van der Waals surface area contributed by atoms with Crippen molar-refractivity contribution in [2.24, 2.45) is 0 Å². The van der Waals surface area contributed by atoms with Gasteiger partial charge in [-0.3, -0.25) is 0 Å². The summed E-state index contributed by atoms with van der Waals surface area (Å²) in [6.07, 6.45) is -0.977. The van der Waals surface area contributed by atoms with Crippen LogP contribution in [-0.2, 0) is 5.41 Å². The summed E-state index contributed by atoms with van der Waals surface area (Å²) in [5, 5.41) is 11.7. The maximum atomic E-state index is 10.5. The summed E-state index contributed by atoms with van der Waals surface area (Å²) in [7, 11) is 0. The van der Waals surface area contributed by atoms with Gasteiger partial charge >= 0.3 is 6.09 Å². The van der Waals surface area contributed by atoms with Gasteiger partial charge in [-0.05, 0) is 17.7 Å². The summed E-state index contributed by atoms with van der Waals surface area (Å²) in [5.41, 5.74) is 0.948. The largest absolute Gasteiger partial charge is 0.465 e. The standard InChI is InChI=1S/C14H21NO2S/c1-10(2)18-12-7-5-11(6-8-12)14(3,4)9-15-13(16)17/h5-8,10,15H,9H2,1-4H3,(H,16,17). The van der Waals surface area contributed by atoms with Gasteiger partial charge in [-0.25, -0.2) is 4.79 Å². The summed E-state index contributed by atoms with van der Waals surface area (Å²) in [6.45, 7) is 8.82. The van der Waals surface area contributed by atoms with Crippen LogP contribution >= 0.6 is 11.8 Å². The van der Waals surface area contributed by atoms with Gasteiger partial charge in [-0.1, -0.05) is 39.8 Å². The molecule has 0 aliphatic heterocycles. The van der Waals surface area contributed by atoms with E-state index in [0.717, 1.165) is 5.56 Å². The Morgan fingerprint density at radius 3 is 2.33 bits per heavy atom. The molecule has 1 aromatic rings. The van der Waals surface area contributed by atoms with Crippen LogP contribution in [0.5, 0.6) is 0 Å². The molecular formula is C14H21NO2S. The molecule has 0 saturated carbocycles. The van der Waals surface area contributed by atoms with Crippen molar-refractivity contribution < 1.29 is 9.90 Å². The predicted molar refractivity (Wildman–Crippen MR) is 76.5 cm³/mol. The Labute approximate surface area is 113 Å². The van der Waals surface area contributed by atoms with Crippen LogP contribution in [0.4, 0.5) is 4.79 Å². The first-order valence-corrected chi connectivity index (χ1v) is 6.93. The lowest BCUT2D eigenvalue weighted by molar-refractivity contribution is 0.192. The van der Waals surface area contributed by atoms with Crippen LogP contribution in [0, 0.1) is 0 Å². The molecule has 2 N–H and O–H groups in total. The van der Waals surface area contributed by atoms with E-state index in [2.05, 4.69) is 43.4 Å². The zero-order valence-electron chi connectivity index (χ0n) is 11.4. The lowest BCUT2D eigenvalue weighted by atomic mass is 9.85. The van der Waals surface area contributed by atoms with E-state index in [1.807, 2.05) is 25.6 Å². The monoisotopic (exact) mass is 267 g/mol. The molecule has 100 valence electrons. The molecule has 1 aromatic carbocycles. The lowest BCUT2D eigenvalue weighted by Gasteiger charge is -2.25. The molecule has 18 heavy (non-hydrogen) atoms. The van der Waals surface area contributed by atoms with Crippen molar-refractivity contribution in [2.75, 3.05) is 6.54 Å². The molecule has 1 rings (SSSR count). The maximum Gasteiger partial charge on any atom is 0.404 e. The van der Waals surface area contributed by atoms with Crippen molar-refractivity contribution in [3.05, 3.63) is 29.8 Å². The number of hydrogen-bond acceptors (Lipinski definition) is 2. The van der Waals surface area contributed by atoms with E-state index in [1.165, 1.54) is 4.90 Å². The van der Waals surface area contributed by atoms with Crippen LogP contribution in [0.1, 0.15) is 33.3 Å². The minimum absolute atomic E-state index is 0.195. The number of thioether (sulfide) groups is 1. The number of amides is 1. The summed E-state index contributed by atoms with van der Waals surface area (Å²) in [5.74, 6) is 0. The molecule has 1 amide bonds. The van der Waals surface area contributed by atoms with Crippen LogP contribution in [0.15, 0.2) is 29.2 Å². The molecule has 3 nitrogen and oxygen atoms in total. The van der Waals surface area contributed by atoms with E-state index < -0.39 is 6.09 Å². The molecule has 0 fully saturated rings. The van der Waals surface area contributed by atoms with E-state index in [0.29, 0.717) is 11.8 Å². The molecule has 0 atom stereocenters. The van der Waals surface area contributed by atoms with Crippen LogP contribution < -0.4 is 5.32 Å². The van der Waals surface area contributed by atoms with Gasteiger partial charge in [0.1, 0.15) is 0 Å². The molecule has 0 unspecified atom stereocenters. The van der Waals surface area contributed by atoms with Crippen LogP contribution in [0.3, 0.4) is 0 Å². The first kappa shape index (κ1) is 14.9. The van der Waals surface area contributed by atoms with Crippen LogP contribution in [0.2, 0.25) is 0 Å². The number of carbonyl (C=O) groups is 1. The van der Waals surface area contributed by atoms with Crippen molar-refractivity contribution in [1.29, 1.82) is 0 Å². The average Bonchev–Trinajstić information content (AvgIpc) is 2.26. The van der Waals surface area contributed by atoms with E-state index >= 15 is 0 Å². The molecular weight excluding hydrogens is 246 g/mol. The second-order valence-electron chi connectivity index (χ2n) is 5.23. The Bertz CT molecular complexity index is 399. The maximum absolute atomic E-state index is 10.5. The van der Waals surface area contributed by atoms with E-state index in [-0.39, 0.29) is 5.41 Å². The highest BCUT2D eigenvalue weighted by Gasteiger charge is 2.21. The van der Waals surface area contributed by atoms with Gasteiger partial charge in [0.2, 0.25) is 0 Å². The smallest absolute Gasteiger partial charge is 0.404 e. The highest BCUT2D eigenvalue weighted by atomic mass is 32.2. The van der Waals surface area contributed by atoms with Gasteiger partial charge in [0.15, 0.2) is 0 Å². The Morgan fingerprint density at radius 1 is 1.33 bits per heavy atom. The molecule has 4 heteroatoms. The highest BCUT2D eigenvalue weighted by Crippen LogP contribution is 2.27. The number of rotatable bonds is 5. The van der Waals surface area contributed by atoms with Crippen LogP contribution in [0.25, 0.3) is 0 Å². The van der Waals surface area contributed by atoms with Crippen molar-refractivity contribution >= 4 is 17.9 Å². The molecule has 0 heterocycles. The summed E-state index contributed by atoms with van der Waals surface area (Å²) < 4.78 is 0. The van der Waals surface area contributed by atoms with Gasteiger partial charge in [0.25, 0.3) is 0 Å². The van der Waals surface area contributed by atoms with E-state index in [9.17, 15) is 4.79 Å². The Hall–Kier alpha value is -1.16. The SMILES string of the molecule is CC(C)Sc1ccc(C(C)(C)CNC(=O)O)cc1. The number of nitrogens with one attached hydrogen (secondary N) is 1. The molecule has 0 saturated heterocycles. The first-order chi connectivity index (χ1) is 8.31. The molecule has 0 radical (unpaired) electrons. The molecule has 0 bridgehead atoms. The second-order valence-corrected chi connectivity index (χ2v) is 6.88. The second kappa shape index (κ2) is 6.14. The predicted octanol–water partition coefficient (Wildman–Crippen LogP) is 3.73. The fourth-order valence-electron chi connectivity index (χ4n) is 1.66. The fraction of sp³-hybridized carbons (Fsp3) is 0.500. The number of carboxylic acid groups (broad SMARTS) is 1. The normalized spacial score (nSPS) is 11.6. The Balaban J connectivity index is 2.73. The summed E-state index contributed by atoms with van der Waals surface area (Å²) in [4.78, 5) is 11.8. The number of hydrogen-bond donors (Lipinski definition) is 2. The van der Waals surface area contributed by atoms with Gasteiger partial charge in [-0.2, -0.15) is 0 Å². The van der Waals surface area contributed by atoms with Gasteiger partial charge in [0, 0.05) is 22.1 Å². The third-order valence-corrected chi connectivity index (χ3v) is 3.70. The minimum atomic E-state index is -0.977. The van der Waals surface area contributed by atoms with Crippen molar-refractivity contribution in [2.45, 2.75) is 43.3 Å². The molecule has 0 aromatic heterocycles. The summed E-state index contributed by atoms with van der Waals surface area (Å²) >= 11 is 1.83. The Kier molecular flexibility index (Phi) is 5.08. The van der Waals surface area contributed by atoms with E-state index in [4.69, 9.17) is 5.11 Å². The third-order valence-electron chi connectivity index (χ3n) is 2.69. The molecule has 0 aliphatic rings. The van der Waals surface area contributed by atoms with Gasteiger partial charge in [-0.15, -0.1) is 11.8 Å². The molecule has 0 aliphatic carbocycles. The van der Waals surface area contributed by atoms with Gasteiger partial charge < -0.3 is 10.4 Å². The summed E-state index contributed by atoms with van der Waals surface area (Å²) in [6, 6.07) is 8.35. The topological polar surface area (TPSA) is 49.3 Å². The highest BCUT2D eigenvalue weighted by molar-refractivity contribution is 7.99. The lowest BCUT2D eigenvalue weighted by Crippen LogP contribution is -2.35.